The van der Waals surface area contributed by atoms with E-state index in [9.17, 15) is 0 Å². The lowest BCUT2D eigenvalue weighted by molar-refractivity contribution is 0.219. The van der Waals surface area contributed by atoms with Gasteiger partial charge < -0.3 is 10.6 Å². The van der Waals surface area contributed by atoms with Crippen molar-refractivity contribution in [1.29, 1.82) is 0 Å². The standard InChI is InChI=1S/C7H16N2.HIS/c1-2-9-5-3-4-7(8)6-9;1-2/h7H,2-6,8H2,1H3;2H. The summed E-state index contributed by atoms with van der Waals surface area (Å²) in [6.45, 7) is 5.71. The number of nitrogens with zero attached hydrogens (tertiary/aromatic N) is 1. The van der Waals surface area contributed by atoms with Gasteiger partial charge in [0.2, 0.25) is 0 Å². The number of rotatable bonds is 1. The minimum atomic E-state index is 0.443. The highest BCUT2D eigenvalue weighted by Gasteiger charge is 2.13. The van der Waals surface area contributed by atoms with Crippen molar-refractivity contribution in [2.45, 2.75) is 25.8 Å². The Balaban J connectivity index is 0.000000461. The van der Waals surface area contributed by atoms with Gasteiger partial charge in [0.1, 0.15) is 0 Å². The fourth-order valence-corrected chi connectivity index (χ4v) is 1.38. The summed E-state index contributed by atoms with van der Waals surface area (Å²) in [5, 5.41) is 0. The molecule has 0 aromatic carbocycles. The Bertz CT molecular complexity index is 92.5. The Morgan fingerprint density at radius 1 is 1.64 bits per heavy atom. The summed E-state index contributed by atoms with van der Waals surface area (Å²) in [4.78, 5) is 2.41. The molecule has 68 valence electrons. The quantitative estimate of drug-likeness (QED) is 0.568. The molecule has 0 aliphatic carbocycles. The van der Waals surface area contributed by atoms with Gasteiger partial charge in [-0.2, -0.15) is 0 Å². The van der Waals surface area contributed by atoms with Crippen LogP contribution in [0.4, 0.5) is 0 Å². The van der Waals surface area contributed by atoms with Crippen LogP contribution in [0.1, 0.15) is 19.8 Å². The summed E-state index contributed by atoms with van der Waals surface area (Å²) in [5.74, 6) is 0. The molecule has 0 spiro atoms. The third-order valence-corrected chi connectivity index (χ3v) is 1.99. The van der Waals surface area contributed by atoms with Crippen LogP contribution in [0, 0.1) is 0 Å². The van der Waals surface area contributed by atoms with Gasteiger partial charge in [-0.3, -0.25) is 0 Å². The topological polar surface area (TPSA) is 29.3 Å². The van der Waals surface area contributed by atoms with E-state index in [0.29, 0.717) is 6.04 Å². The fraction of sp³-hybridized carbons (Fsp3) is 1.00. The number of thiol groups is 1. The third kappa shape index (κ3) is 5.27. The van der Waals surface area contributed by atoms with E-state index in [2.05, 4.69) is 21.6 Å². The highest BCUT2D eigenvalue weighted by Crippen LogP contribution is 2.06. The predicted molar refractivity (Wildman–Crippen MR) is 62.3 cm³/mol. The van der Waals surface area contributed by atoms with Crippen LogP contribution in [0.5, 0.6) is 0 Å². The Kier molecular flexibility index (Phi) is 8.33. The second-order valence-corrected chi connectivity index (χ2v) is 2.80. The molecule has 0 aromatic heterocycles. The number of likely N-dealkylation sites (N-methyl/N-ethyl adjacent to an activating group) is 1. The number of likely N-dealkylation sites (tertiary alicyclic amines) is 1. The second-order valence-electron chi connectivity index (χ2n) is 2.80. The molecule has 1 rings (SSSR count). The molecule has 1 aliphatic rings. The molecular weight excluding hydrogens is 271 g/mol. The lowest BCUT2D eigenvalue weighted by Crippen LogP contribution is -2.42. The molecule has 0 radical (unpaired) electrons. The smallest absolute Gasteiger partial charge is 0.0168 e. The molecule has 4 heteroatoms. The van der Waals surface area contributed by atoms with Crippen molar-refractivity contribution in [1.82, 2.24) is 4.90 Å². The fourth-order valence-electron chi connectivity index (χ4n) is 1.38. The van der Waals surface area contributed by atoms with Gasteiger partial charge in [0.25, 0.3) is 0 Å². The van der Waals surface area contributed by atoms with E-state index in [4.69, 9.17) is 5.73 Å². The SMILES string of the molecule is CCN1CCCC(N)C1.SI. The average Bonchev–Trinajstić information content (AvgIpc) is 2.08. The second kappa shape index (κ2) is 7.64. The van der Waals surface area contributed by atoms with Gasteiger partial charge in [0.05, 0.1) is 0 Å². The van der Waals surface area contributed by atoms with Gasteiger partial charge in [-0.15, -0.1) is 9.80 Å². The summed E-state index contributed by atoms with van der Waals surface area (Å²) in [7, 11) is 3.50. The predicted octanol–water partition coefficient (Wildman–Crippen LogP) is 1.70. The van der Waals surface area contributed by atoms with Crippen LogP contribution < -0.4 is 5.73 Å². The number of halogens is 1. The first kappa shape index (κ1) is 12.0. The van der Waals surface area contributed by atoms with Gasteiger partial charge >= 0.3 is 0 Å². The molecule has 1 saturated heterocycles. The Morgan fingerprint density at radius 2 is 2.27 bits per heavy atom. The summed E-state index contributed by atoms with van der Waals surface area (Å²) < 4.78 is 0. The zero-order valence-electron chi connectivity index (χ0n) is 6.96. The highest BCUT2D eigenvalue weighted by molar-refractivity contribution is 14.2. The van der Waals surface area contributed by atoms with Crippen molar-refractivity contribution in [3.63, 3.8) is 0 Å². The maximum absolute atomic E-state index is 5.76. The maximum atomic E-state index is 5.76. The normalized spacial score (nSPS) is 25.6. The van der Waals surface area contributed by atoms with Crippen LogP contribution in [0.3, 0.4) is 0 Å². The molecular formula is C7H17IN2S. The number of nitrogens with two attached hydrogens (primary N) is 1. The van der Waals surface area contributed by atoms with Crippen LogP contribution in [-0.2, 0) is 0 Å². The summed E-state index contributed by atoms with van der Waals surface area (Å²) in [6, 6.07) is 0.443. The van der Waals surface area contributed by atoms with Gasteiger partial charge in [0.15, 0.2) is 0 Å². The summed E-state index contributed by atoms with van der Waals surface area (Å²) >= 11 is 1.84. The van der Waals surface area contributed by atoms with Crippen molar-refractivity contribution in [2.75, 3.05) is 19.6 Å². The van der Waals surface area contributed by atoms with Crippen molar-refractivity contribution in [3.05, 3.63) is 0 Å². The van der Waals surface area contributed by atoms with Crippen molar-refractivity contribution in [3.8, 4) is 0 Å². The van der Waals surface area contributed by atoms with E-state index in [1.807, 2.05) is 21.2 Å². The molecule has 0 aromatic rings. The monoisotopic (exact) mass is 288 g/mol. The molecule has 1 aliphatic heterocycles. The molecule has 1 fully saturated rings. The van der Waals surface area contributed by atoms with Crippen LogP contribution in [0.25, 0.3) is 0 Å². The minimum Gasteiger partial charge on any atom is -0.327 e. The van der Waals surface area contributed by atoms with Gasteiger partial charge in [-0.25, -0.2) is 0 Å². The first-order valence-corrected chi connectivity index (χ1v) is 7.21. The largest absolute Gasteiger partial charge is 0.327 e. The van der Waals surface area contributed by atoms with E-state index in [-0.39, 0.29) is 0 Å². The van der Waals surface area contributed by atoms with Crippen molar-refractivity contribution >= 4 is 31.0 Å². The van der Waals surface area contributed by atoms with Crippen molar-refractivity contribution < 1.29 is 0 Å². The van der Waals surface area contributed by atoms with Crippen LogP contribution in [0.2, 0.25) is 0 Å². The molecule has 1 atom stereocenters. The summed E-state index contributed by atoms with van der Waals surface area (Å²) in [5.41, 5.74) is 5.76. The highest BCUT2D eigenvalue weighted by atomic mass is 127. The summed E-state index contributed by atoms with van der Waals surface area (Å²) in [6.07, 6.45) is 2.51. The van der Waals surface area contributed by atoms with Crippen LogP contribution in [-0.4, -0.2) is 30.6 Å². The average molecular weight is 288 g/mol. The first-order chi connectivity index (χ1) is 5.33. The molecule has 1 unspecified atom stereocenters. The van der Waals surface area contributed by atoms with E-state index in [1.165, 1.54) is 19.4 Å². The third-order valence-electron chi connectivity index (χ3n) is 1.99. The number of piperidine rings is 1. The lowest BCUT2D eigenvalue weighted by Gasteiger charge is -2.29. The Labute approximate surface area is 86.9 Å². The molecule has 1 heterocycles. The van der Waals surface area contributed by atoms with E-state index in [1.54, 1.807) is 0 Å². The Hall–Kier alpha value is 1.00. The number of hydrogen-bond donors (Lipinski definition) is 2. The maximum Gasteiger partial charge on any atom is 0.0168 e. The first-order valence-electron chi connectivity index (χ1n) is 3.97. The molecule has 2 N–H and O–H groups in total. The molecule has 11 heavy (non-hydrogen) atoms. The van der Waals surface area contributed by atoms with Gasteiger partial charge in [0, 0.05) is 12.6 Å². The van der Waals surface area contributed by atoms with Crippen LogP contribution in [0.15, 0.2) is 0 Å². The van der Waals surface area contributed by atoms with E-state index in [0.717, 1.165) is 13.1 Å². The Morgan fingerprint density at radius 3 is 2.64 bits per heavy atom. The molecule has 2 nitrogen and oxygen atoms in total. The zero-order valence-corrected chi connectivity index (χ0v) is 10.0. The molecule has 0 amide bonds. The number of hydrogen-bond acceptors (Lipinski definition) is 3. The van der Waals surface area contributed by atoms with Gasteiger partial charge in [-0.1, -0.05) is 6.92 Å². The minimum absolute atomic E-state index is 0.443. The lowest BCUT2D eigenvalue weighted by atomic mass is 10.1. The van der Waals surface area contributed by atoms with E-state index >= 15 is 0 Å². The van der Waals surface area contributed by atoms with Crippen LogP contribution >= 0.6 is 31.0 Å². The van der Waals surface area contributed by atoms with Gasteiger partial charge in [-0.05, 0) is 47.1 Å². The molecule has 0 saturated carbocycles. The van der Waals surface area contributed by atoms with Crippen molar-refractivity contribution in [2.24, 2.45) is 5.73 Å². The molecule has 0 bridgehead atoms. The zero-order chi connectivity index (χ0) is 8.69. The van der Waals surface area contributed by atoms with E-state index < -0.39 is 0 Å².